The Kier molecular flexibility index (Phi) is 3.60. The number of anilines is 1. The van der Waals surface area contributed by atoms with Crippen LogP contribution in [0.5, 0.6) is 0 Å². The van der Waals surface area contributed by atoms with E-state index in [0.717, 1.165) is 37.7 Å². The first-order chi connectivity index (χ1) is 9.36. The van der Waals surface area contributed by atoms with Gasteiger partial charge in [0.05, 0.1) is 0 Å². The molecule has 19 heavy (non-hydrogen) atoms. The lowest BCUT2D eigenvalue weighted by Gasteiger charge is -2.33. The molecule has 1 N–H and O–H groups in total. The highest BCUT2D eigenvalue weighted by atomic mass is 15.2. The predicted octanol–water partition coefficient (Wildman–Crippen LogP) is 1.32. The van der Waals surface area contributed by atoms with E-state index < -0.39 is 0 Å². The summed E-state index contributed by atoms with van der Waals surface area (Å²) in [6.45, 7) is 3.09. The fourth-order valence-electron chi connectivity index (χ4n) is 2.59. The van der Waals surface area contributed by atoms with E-state index in [1.165, 1.54) is 19.4 Å². The first-order valence-corrected chi connectivity index (χ1v) is 7.06. The van der Waals surface area contributed by atoms with Crippen molar-refractivity contribution >= 4 is 5.82 Å². The standard InChI is InChI=1S/C14H19N5/c15-9-13-14(17-6-5-16-13)19-7-3-12(4-8-19)18-10-11-1-2-11/h5-6,11-12,18H,1-4,7-8,10H2. The Morgan fingerprint density at radius 2 is 1.95 bits per heavy atom. The lowest BCUT2D eigenvalue weighted by atomic mass is 10.0. The van der Waals surface area contributed by atoms with Gasteiger partial charge in [-0.1, -0.05) is 0 Å². The van der Waals surface area contributed by atoms with Crippen LogP contribution in [-0.4, -0.2) is 35.6 Å². The molecule has 1 saturated heterocycles. The van der Waals surface area contributed by atoms with Gasteiger partial charge in [-0.05, 0) is 38.1 Å². The molecule has 1 aliphatic heterocycles. The van der Waals surface area contributed by atoms with Crippen LogP contribution in [0.4, 0.5) is 5.82 Å². The molecule has 0 unspecified atom stereocenters. The Bertz CT molecular complexity index is 469. The van der Waals surface area contributed by atoms with Crippen LogP contribution in [0.3, 0.4) is 0 Å². The smallest absolute Gasteiger partial charge is 0.183 e. The van der Waals surface area contributed by atoms with Crippen LogP contribution in [0.25, 0.3) is 0 Å². The minimum absolute atomic E-state index is 0.437. The number of piperidine rings is 1. The first kappa shape index (κ1) is 12.4. The molecular formula is C14H19N5. The molecule has 0 spiro atoms. The van der Waals surface area contributed by atoms with Crippen LogP contribution in [-0.2, 0) is 0 Å². The van der Waals surface area contributed by atoms with Gasteiger partial charge in [0, 0.05) is 31.5 Å². The van der Waals surface area contributed by atoms with Crippen molar-refractivity contribution in [3.05, 3.63) is 18.1 Å². The van der Waals surface area contributed by atoms with Crippen molar-refractivity contribution in [2.45, 2.75) is 31.7 Å². The zero-order chi connectivity index (χ0) is 13.1. The molecule has 5 heteroatoms. The van der Waals surface area contributed by atoms with Gasteiger partial charge in [0.2, 0.25) is 0 Å². The molecule has 2 aliphatic rings. The van der Waals surface area contributed by atoms with Gasteiger partial charge in [0.15, 0.2) is 11.5 Å². The predicted molar refractivity (Wildman–Crippen MR) is 72.7 cm³/mol. The fraction of sp³-hybridized carbons (Fsp3) is 0.643. The lowest BCUT2D eigenvalue weighted by molar-refractivity contribution is 0.407. The summed E-state index contributed by atoms with van der Waals surface area (Å²) < 4.78 is 0. The molecule has 2 heterocycles. The van der Waals surface area contributed by atoms with Gasteiger partial charge >= 0.3 is 0 Å². The third-order valence-electron chi connectivity index (χ3n) is 3.97. The van der Waals surface area contributed by atoms with Crippen LogP contribution in [0, 0.1) is 17.2 Å². The number of hydrogen-bond acceptors (Lipinski definition) is 5. The maximum absolute atomic E-state index is 9.06. The molecule has 100 valence electrons. The SMILES string of the molecule is N#Cc1nccnc1N1CCC(NCC2CC2)CC1. The van der Waals surface area contributed by atoms with Crippen LogP contribution in [0.1, 0.15) is 31.4 Å². The Balaban J connectivity index is 1.55. The van der Waals surface area contributed by atoms with Crippen LogP contribution in [0.15, 0.2) is 12.4 Å². The van der Waals surface area contributed by atoms with Gasteiger partial charge in [-0.25, -0.2) is 9.97 Å². The molecule has 0 amide bonds. The van der Waals surface area contributed by atoms with Crippen LogP contribution in [0.2, 0.25) is 0 Å². The number of hydrogen-bond donors (Lipinski definition) is 1. The minimum Gasteiger partial charge on any atom is -0.354 e. The Morgan fingerprint density at radius 1 is 1.21 bits per heavy atom. The topological polar surface area (TPSA) is 64.8 Å². The maximum atomic E-state index is 9.06. The maximum Gasteiger partial charge on any atom is 0.183 e. The van der Waals surface area contributed by atoms with Crippen molar-refractivity contribution in [1.82, 2.24) is 15.3 Å². The van der Waals surface area contributed by atoms with Gasteiger partial charge in [-0.3, -0.25) is 0 Å². The average Bonchev–Trinajstić information content (AvgIpc) is 3.30. The number of nitrogens with one attached hydrogen (secondary N) is 1. The summed E-state index contributed by atoms with van der Waals surface area (Å²) in [6, 6.07) is 2.75. The molecular weight excluding hydrogens is 238 g/mol. The third-order valence-corrected chi connectivity index (χ3v) is 3.97. The number of rotatable bonds is 4. The molecule has 1 aromatic heterocycles. The summed E-state index contributed by atoms with van der Waals surface area (Å²) in [5.74, 6) is 1.67. The molecule has 0 bridgehead atoms. The number of aromatic nitrogens is 2. The second kappa shape index (κ2) is 5.54. The lowest BCUT2D eigenvalue weighted by Crippen LogP contribution is -2.43. The molecule has 1 aromatic rings. The minimum atomic E-state index is 0.437. The van der Waals surface area contributed by atoms with E-state index in [1.54, 1.807) is 12.4 Å². The quantitative estimate of drug-likeness (QED) is 0.881. The van der Waals surface area contributed by atoms with E-state index in [0.29, 0.717) is 11.7 Å². The highest BCUT2D eigenvalue weighted by molar-refractivity contribution is 5.49. The summed E-state index contributed by atoms with van der Waals surface area (Å²) in [4.78, 5) is 10.6. The largest absolute Gasteiger partial charge is 0.354 e. The van der Waals surface area contributed by atoms with Gasteiger partial charge in [-0.2, -0.15) is 5.26 Å². The van der Waals surface area contributed by atoms with Gasteiger partial charge in [0.25, 0.3) is 0 Å². The second-order valence-corrected chi connectivity index (χ2v) is 5.45. The van der Waals surface area contributed by atoms with Crippen molar-refractivity contribution in [2.75, 3.05) is 24.5 Å². The normalized spacial score (nSPS) is 20.3. The molecule has 1 aliphatic carbocycles. The van der Waals surface area contributed by atoms with E-state index in [1.807, 2.05) is 0 Å². The van der Waals surface area contributed by atoms with E-state index >= 15 is 0 Å². The van der Waals surface area contributed by atoms with E-state index in [2.05, 4.69) is 26.3 Å². The Hall–Kier alpha value is -1.67. The molecule has 1 saturated carbocycles. The summed E-state index contributed by atoms with van der Waals surface area (Å²) in [6.07, 6.45) is 8.27. The number of nitrogens with zero attached hydrogens (tertiary/aromatic N) is 4. The van der Waals surface area contributed by atoms with E-state index in [4.69, 9.17) is 5.26 Å². The highest BCUT2D eigenvalue weighted by Gasteiger charge is 2.25. The molecule has 0 atom stereocenters. The second-order valence-electron chi connectivity index (χ2n) is 5.45. The zero-order valence-corrected chi connectivity index (χ0v) is 11.0. The number of nitriles is 1. The molecule has 2 fully saturated rings. The highest BCUT2D eigenvalue weighted by Crippen LogP contribution is 2.28. The Morgan fingerprint density at radius 3 is 2.63 bits per heavy atom. The van der Waals surface area contributed by atoms with Crippen molar-refractivity contribution in [2.24, 2.45) is 5.92 Å². The summed E-state index contributed by atoms with van der Waals surface area (Å²) in [5, 5.41) is 12.7. The Labute approximate surface area is 113 Å². The third kappa shape index (κ3) is 3.02. The monoisotopic (exact) mass is 257 g/mol. The van der Waals surface area contributed by atoms with Crippen molar-refractivity contribution in [3.63, 3.8) is 0 Å². The average molecular weight is 257 g/mol. The van der Waals surface area contributed by atoms with Crippen LogP contribution < -0.4 is 10.2 Å². The van der Waals surface area contributed by atoms with Crippen molar-refractivity contribution in [3.8, 4) is 6.07 Å². The molecule has 5 nitrogen and oxygen atoms in total. The summed E-state index contributed by atoms with van der Waals surface area (Å²) in [5.41, 5.74) is 0.437. The van der Waals surface area contributed by atoms with E-state index in [-0.39, 0.29) is 0 Å². The molecule has 3 rings (SSSR count). The van der Waals surface area contributed by atoms with Gasteiger partial charge < -0.3 is 10.2 Å². The molecule has 0 aromatic carbocycles. The fourth-order valence-corrected chi connectivity index (χ4v) is 2.59. The van der Waals surface area contributed by atoms with Gasteiger partial charge in [-0.15, -0.1) is 0 Å². The first-order valence-electron chi connectivity index (χ1n) is 7.06. The van der Waals surface area contributed by atoms with E-state index in [9.17, 15) is 0 Å². The van der Waals surface area contributed by atoms with Gasteiger partial charge in [0.1, 0.15) is 6.07 Å². The van der Waals surface area contributed by atoms with Crippen molar-refractivity contribution in [1.29, 1.82) is 5.26 Å². The summed E-state index contributed by atoms with van der Waals surface area (Å²) >= 11 is 0. The van der Waals surface area contributed by atoms with Crippen molar-refractivity contribution < 1.29 is 0 Å². The zero-order valence-electron chi connectivity index (χ0n) is 11.0. The van der Waals surface area contributed by atoms with Crippen LogP contribution >= 0.6 is 0 Å². The summed E-state index contributed by atoms with van der Waals surface area (Å²) in [7, 11) is 0. The molecule has 0 radical (unpaired) electrons.